The van der Waals surface area contributed by atoms with Crippen LogP contribution in [0.5, 0.6) is 0 Å². The molecule has 1 saturated heterocycles. The number of ether oxygens (including phenoxy) is 1. The molecule has 0 aromatic carbocycles. The maximum atomic E-state index is 12.0. The highest BCUT2D eigenvalue weighted by atomic mass is 16.6. The Hall–Kier alpha value is -2.77. The van der Waals surface area contributed by atoms with Crippen LogP contribution in [0.3, 0.4) is 0 Å². The number of amides is 2. The van der Waals surface area contributed by atoms with Crippen molar-refractivity contribution in [3.63, 3.8) is 0 Å². The van der Waals surface area contributed by atoms with E-state index in [-0.39, 0.29) is 12.0 Å². The largest absolute Gasteiger partial charge is 0.442 e. The quantitative estimate of drug-likeness (QED) is 0.785. The molecule has 4 rings (SSSR count). The summed E-state index contributed by atoms with van der Waals surface area (Å²) < 4.78 is 5.26. The summed E-state index contributed by atoms with van der Waals surface area (Å²) >= 11 is 0. The SMILES string of the molecule is CC(=O)NC[C@H]1CN(c2ccc(C3=C[C@H]4[C@H](CN=O)[C@H]4C3)nc2)C(=O)O1. The van der Waals surface area contributed by atoms with Gasteiger partial charge in [0.25, 0.3) is 0 Å². The minimum Gasteiger partial charge on any atom is -0.442 e. The van der Waals surface area contributed by atoms with Crippen LogP contribution in [0.2, 0.25) is 0 Å². The lowest BCUT2D eigenvalue weighted by Crippen LogP contribution is -2.33. The van der Waals surface area contributed by atoms with Gasteiger partial charge in [-0.15, -0.1) is 0 Å². The molecule has 1 aliphatic heterocycles. The number of cyclic esters (lactones) is 1. The summed E-state index contributed by atoms with van der Waals surface area (Å²) in [5.74, 6) is 1.26. The number of hydrogen-bond acceptors (Lipinski definition) is 6. The highest BCUT2D eigenvalue weighted by molar-refractivity contribution is 5.89. The van der Waals surface area contributed by atoms with Gasteiger partial charge in [-0.3, -0.25) is 14.7 Å². The highest BCUT2D eigenvalue weighted by Crippen LogP contribution is 2.57. The van der Waals surface area contributed by atoms with Gasteiger partial charge in [0.15, 0.2) is 0 Å². The molecule has 0 unspecified atom stereocenters. The number of carbonyl (C=O) groups is 2. The second-order valence-electron chi connectivity index (χ2n) is 7.07. The Balaban J connectivity index is 1.39. The van der Waals surface area contributed by atoms with E-state index >= 15 is 0 Å². The Morgan fingerprint density at radius 1 is 1.46 bits per heavy atom. The van der Waals surface area contributed by atoms with E-state index in [1.165, 1.54) is 17.4 Å². The van der Waals surface area contributed by atoms with Gasteiger partial charge in [-0.2, -0.15) is 4.91 Å². The summed E-state index contributed by atoms with van der Waals surface area (Å²) in [5.41, 5.74) is 2.78. The molecule has 2 fully saturated rings. The number of fused-ring (bicyclic) bond motifs is 1. The van der Waals surface area contributed by atoms with Crippen molar-refractivity contribution in [1.82, 2.24) is 10.3 Å². The maximum Gasteiger partial charge on any atom is 0.414 e. The van der Waals surface area contributed by atoms with Crippen molar-refractivity contribution in [1.29, 1.82) is 0 Å². The third-order valence-corrected chi connectivity index (χ3v) is 5.37. The Kier molecular flexibility index (Phi) is 4.18. The molecule has 2 heterocycles. The second-order valence-corrected chi connectivity index (χ2v) is 7.07. The Labute approximate surface area is 150 Å². The van der Waals surface area contributed by atoms with Crippen molar-refractivity contribution in [2.45, 2.75) is 19.4 Å². The average Bonchev–Trinajstić information content (AvgIpc) is 2.99. The van der Waals surface area contributed by atoms with Crippen molar-refractivity contribution < 1.29 is 14.3 Å². The number of rotatable bonds is 6. The molecular formula is C18H20N4O4. The first-order valence-corrected chi connectivity index (χ1v) is 8.75. The van der Waals surface area contributed by atoms with Crippen molar-refractivity contribution in [3.05, 3.63) is 35.0 Å². The molecule has 4 atom stereocenters. The van der Waals surface area contributed by atoms with Gasteiger partial charge in [0.05, 0.1) is 37.2 Å². The van der Waals surface area contributed by atoms with Crippen LogP contribution in [0, 0.1) is 22.7 Å². The van der Waals surface area contributed by atoms with Crippen LogP contribution in [-0.4, -0.2) is 42.7 Å². The number of anilines is 1. The van der Waals surface area contributed by atoms with Gasteiger partial charge in [-0.05, 0) is 41.9 Å². The first-order chi connectivity index (χ1) is 12.6. The predicted octanol–water partition coefficient (Wildman–Crippen LogP) is 1.96. The number of allylic oxidation sites excluding steroid dienone is 2. The first kappa shape index (κ1) is 16.7. The van der Waals surface area contributed by atoms with Gasteiger partial charge in [0.1, 0.15) is 6.10 Å². The molecule has 0 spiro atoms. The number of hydrogen-bond donors (Lipinski definition) is 1. The molecular weight excluding hydrogens is 336 g/mol. The summed E-state index contributed by atoms with van der Waals surface area (Å²) in [6.45, 7) is 2.52. The molecule has 1 N–H and O–H groups in total. The second kappa shape index (κ2) is 6.51. The van der Waals surface area contributed by atoms with Crippen molar-refractivity contribution >= 4 is 23.3 Å². The minimum absolute atomic E-state index is 0.153. The predicted molar refractivity (Wildman–Crippen MR) is 94.3 cm³/mol. The lowest BCUT2D eigenvalue weighted by molar-refractivity contribution is -0.119. The fraction of sp³-hybridized carbons (Fsp3) is 0.500. The highest BCUT2D eigenvalue weighted by Gasteiger charge is 2.52. The molecule has 8 heteroatoms. The molecule has 1 saturated carbocycles. The Morgan fingerprint density at radius 2 is 2.31 bits per heavy atom. The number of nitrogens with one attached hydrogen (secondary N) is 1. The molecule has 26 heavy (non-hydrogen) atoms. The third-order valence-electron chi connectivity index (χ3n) is 5.37. The minimum atomic E-state index is -0.430. The molecule has 0 bridgehead atoms. The topological polar surface area (TPSA) is 101 Å². The van der Waals surface area contributed by atoms with Gasteiger partial charge >= 0.3 is 6.09 Å². The van der Waals surface area contributed by atoms with Crippen LogP contribution in [0.4, 0.5) is 10.5 Å². The van der Waals surface area contributed by atoms with E-state index in [0.29, 0.717) is 43.1 Å². The fourth-order valence-corrected chi connectivity index (χ4v) is 3.93. The standard InChI is InChI=1S/C18H20N4O4/c1-10(23)19-7-13-9-22(18(24)26-13)12-2-3-17(20-6-12)11-4-14-15(5-11)16(14)8-21-25/h2-4,6,13-16H,5,7-9H2,1H3,(H,19,23)/t13-,14+,15-,16-/m0/s1. The average molecular weight is 356 g/mol. The van der Waals surface area contributed by atoms with Gasteiger partial charge in [-0.25, -0.2) is 4.79 Å². The van der Waals surface area contributed by atoms with E-state index < -0.39 is 6.09 Å². The van der Waals surface area contributed by atoms with Crippen LogP contribution in [0.25, 0.3) is 5.57 Å². The van der Waals surface area contributed by atoms with Gasteiger partial charge in [0.2, 0.25) is 5.91 Å². The summed E-state index contributed by atoms with van der Waals surface area (Å²) in [6, 6.07) is 3.77. The molecule has 136 valence electrons. The molecule has 2 aliphatic carbocycles. The van der Waals surface area contributed by atoms with E-state index in [0.717, 1.165) is 12.1 Å². The lowest BCUT2D eigenvalue weighted by atomic mass is 10.1. The Bertz CT molecular complexity index is 776. The van der Waals surface area contributed by atoms with E-state index in [4.69, 9.17) is 4.74 Å². The zero-order valence-electron chi connectivity index (χ0n) is 14.4. The van der Waals surface area contributed by atoms with Crippen molar-refractivity contribution in [3.8, 4) is 0 Å². The molecule has 8 nitrogen and oxygen atoms in total. The van der Waals surface area contributed by atoms with Crippen molar-refractivity contribution in [2.24, 2.45) is 22.9 Å². The molecule has 1 aromatic heterocycles. The summed E-state index contributed by atoms with van der Waals surface area (Å²) in [6.07, 6.45) is 4.02. The van der Waals surface area contributed by atoms with Gasteiger partial charge in [0, 0.05) is 6.92 Å². The Morgan fingerprint density at radius 3 is 2.92 bits per heavy atom. The van der Waals surface area contributed by atoms with E-state index in [9.17, 15) is 14.5 Å². The van der Waals surface area contributed by atoms with E-state index in [1.54, 1.807) is 6.20 Å². The fourth-order valence-electron chi connectivity index (χ4n) is 3.93. The number of nitroso groups, excluding NO2 is 1. The normalized spacial score (nSPS) is 29.0. The molecule has 3 aliphatic rings. The lowest BCUT2D eigenvalue weighted by Gasteiger charge is -2.13. The summed E-state index contributed by atoms with van der Waals surface area (Å²) in [5, 5.41) is 5.66. The molecule has 1 aromatic rings. The number of aromatic nitrogens is 1. The molecule has 2 amide bonds. The zero-order valence-corrected chi connectivity index (χ0v) is 14.4. The number of carbonyl (C=O) groups excluding carboxylic acids is 2. The first-order valence-electron chi connectivity index (χ1n) is 8.75. The van der Waals surface area contributed by atoms with Crippen molar-refractivity contribution in [2.75, 3.05) is 24.5 Å². The van der Waals surface area contributed by atoms with Crippen LogP contribution < -0.4 is 10.2 Å². The molecule has 0 radical (unpaired) electrons. The number of pyridine rings is 1. The van der Waals surface area contributed by atoms with Crippen LogP contribution in [-0.2, 0) is 9.53 Å². The van der Waals surface area contributed by atoms with Crippen LogP contribution >= 0.6 is 0 Å². The number of nitrogens with zero attached hydrogens (tertiary/aromatic N) is 3. The summed E-state index contributed by atoms with van der Waals surface area (Å²) in [7, 11) is 0. The maximum absolute atomic E-state index is 12.0. The van der Waals surface area contributed by atoms with Crippen LogP contribution in [0.15, 0.2) is 29.6 Å². The summed E-state index contributed by atoms with van der Waals surface area (Å²) in [4.78, 5) is 39.4. The van der Waals surface area contributed by atoms with Gasteiger partial charge < -0.3 is 10.1 Å². The van der Waals surface area contributed by atoms with E-state index in [1.807, 2.05) is 12.1 Å². The zero-order chi connectivity index (χ0) is 18.3. The van der Waals surface area contributed by atoms with E-state index in [2.05, 4.69) is 21.6 Å². The van der Waals surface area contributed by atoms with Gasteiger partial charge in [-0.1, -0.05) is 11.3 Å². The monoisotopic (exact) mass is 356 g/mol. The third kappa shape index (κ3) is 3.07. The smallest absolute Gasteiger partial charge is 0.414 e. The van der Waals surface area contributed by atoms with Crippen LogP contribution in [0.1, 0.15) is 19.0 Å².